The maximum absolute atomic E-state index is 11.9. The minimum absolute atomic E-state index is 0.0782. The van der Waals surface area contributed by atoms with E-state index in [0.29, 0.717) is 0 Å². The molecule has 0 bridgehead atoms. The largest absolute Gasteiger partial charge is 0.458 e. The van der Waals surface area contributed by atoms with Crippen molar-refractivity contribution in [2.75, 3.05) is 13.1 Å². The fourth-order valence-corrected chi connectivity index (χ4v) is 2.44. The molecule has 0 radical (unpaired) electrons. The number of carbonyl (C=O) groups is 1. The van der Waals surface area contributed by atoms with Gasteiger partial charge < -0.3 is 10.1 Å². The van der Waals surface area contributed by atoms with Crippen molar-refractivity contribution in [1.82, 2.24) is 0 Å². The van der Waals surface area contributed by atoms with Crippen LogP contribution in [0.25, 0.3) is 0 Å². The Bertz CT molecular complexity index is 240. The van der Waals surface area contributed by atoms with Crippen LogP contribution in [0.15, 0.2) is 0 Å². The summed E-state index contributed by atoms with van der Waals surface area (Å²) < 4.78 is 5.83. The minimum atomic E-state index is -0.178. The van der Waals surface area contributed by atoms with Gasteiger partial charge in [-0.05, 0) is 19.3 Å². The predicted octanol–water partition coefficient (Wildman–Crippen LogP) is 1.99. The number of piperidine rings is 1. The summed E-state index contributed by atoms with van der Waals surface area (Å²) in [6, 6.07) is 0. The number of halogens is 1. The monoisotopic (exact) mass is 306 g/mol. The lowest BCUT2D eigenvalue weighted by molar-refractivity contribution is -0.668. The average molecular weight is 307 g/mol. The Kier molecular flexibility index (Phi) is 6.49. The number of hydrogen-bond donors (Lipinski definition) is 1. The maximum atomic E-state index is 11.9. The summed E-state index contributed by atoms with van der Waals surface area (Å²) in [5.74, 6) is -0.0782. The van der Waals surface area contributed by atoms with Crippen LogP contribution in [-0.2, 0) is 9.53 Å². The van der Waals surface area contributed by atoms with Gasteiger partial charge in [-0.2, -0.15) is 0 Å². The third-order valence-corrected chi connectivity index (χ3v) is 4.55. The Morgan fingerprint density at radius 1 is 1.41 bits per heavy atom. The van der Waals surface area contributed by atoms with Gasteiger partial charge >= 0.3 is 5.97 Å². The van der Waals surface area contributed by atoms with Gasteiger partial charge in [-0.1, -0.05) is 36.2 Å². The molecule has 1 fully saturated rings. The van der Waals surface area contributed by atoms with E-state index in [-0.39, 0.29) is 16.4 Å². The number of rotatable bonds is 6. The molecular formula is C13H25BrNO2+. The molecule has 1 atom stereocenters. The molecule has 1 aliphatic heterocycles. The van der Waals surface area contributed by atoms with E-state index in [1.54, 1.807) is 0 Å². The second-order valence-electron chi connectivity index (χ2n) is 4.95. The highest BCUT2D eigenvalue weighted by molar-refractivity contribution is 9.10. The molecule has 0 spiro atoms. The Balaban J connectivity index is 2.59. The normalized spacial score (nSPS) is 20.9. The lowest BCUT2D eigenvalue weighted by atomic mass is 9.87. The Hall–Kier alpha value is -0.0900. The molecule has 1 saturated heterocycles. The Morgan fingerprint density at radius 2 is 2.06 bits per heavy atom. The van der Waals surface area contributed by atoms with E-state index in [9.17, 15) is 4.79 Å². The van der Waals surface area contributed by atoms with E-state index >= 15 is 0 Å². The van der Waals surface area contributed by atoms with Crippen molar-refractivity contribution in [3.8, 4) is 0 Å². The molecule has 17 heavy (non-hydrogen) atoms. The third kappa shape index (κ3) is 4.59. The first-order valence-corrected chi connectivity index (χ1v) is 7.73. The zero-order valence-corrected chi connectivity index (χ0v) is 12.6. The second kappa shape index (κ2) is 7.37. The van der Waals surface area contributed by atoms with Crippen molar-refractivity contribution in [3.63, 3.8) is 0 Å². The molecular weight excluding hydrogens is 282 g/mol. The molecule has 100 valence electrons. The van der Waals surface area contributed by atoms with Crippen LogP contribution in [0.5, 0.6) is 0 Å². The van der Waals surface area contributed by atoms with E-state index in [2.05, 4.69) is 28.2 Å². The molecule has 2 N–H and O–H groups in total. The number of ether oxygens (including phenoxy) is 1. The van der Waals surface area contributed by atoms with Crippen molar-refractivity contribution in [2.45, 2.75) is 62.8 Å². The molecule has 3 nitrogen and oxygen atoms in total. The average Bonchev–Trinajstić information content (AvgIpc) is 2.36. The van der Waals surface area contributed by atoms with Gasteiger partial charge in [0.15, 0.2) is 0 Å². The maximum Gasteiger partial charge on any atom is 0.320 e. The molecule has 0 aromatic heterocycles. The fraction of sp³-hybridized carbons (Fsp3) is 0.923. The van der Waals surface area contributed by atoms with Crippen molar-refractivity contribution in [1.29, 1.82) is 0 Å². The molecule has 0 saturated carbocycles. The van der Waals surface area contributed by atoms with Crippen LogP contribution < -0.4 is 5.32 Å². The molecule has 0 aliphatic carbocycles. The van der Waals surface area contributed by atoms with Crippen LogP contribution in [0.4, 0.5) is 0 Å². The van der Waals surface area contributed by atoms with Crippen LogP contribution in [0, 0.1) is 0 Å². The summed E-state index contributed by atoms with van der Waals surface area (Å²) in [5.41, 5.74) is -0.178. The summed E-state index contributed by atoms with van der Waals surface area (Å²) in [4.78, 5) is 11.8. The number of esters is 1. The lowest BCUT2D eigenvalue weighted by Gasteiger charge is -2.36. The first-order valence-electron chi connectivity index (χ1n) is 6.82. The van der Waals surface area contributed by atoms with Crippen LogP contribution in [0.2, 0.25) is 0 Å². The van der Waals surface area contributed by atoms with Gasteiger partial charge in [-0.25, -0.2) is 0 Å². The van der Waals surface area contributed by atoms with Gasteiger partial charge in [0.25, 0.3) is 0 Å². The summed E-state index contributed by atoms with van der Waals surface area (Å²) in [6.45, 7) is 6.34. The van der Waals surface area contributed by atoms with E-state index in [4.69, 9.17) is 4.74 Å². The quantitative estimate of drug-likeness (QED) is 0.602. The smallest absolute Gasteiger partial charge is 0.320 e. The molecule has 0 aromatic carbocycles. The lowest BCUT2D eigenvalue weighted by Crippen LogP contribution is -2.88. The predicted molar refractivity (Wildman–Crippen MR) is 72.2 cm³/mol. The van der Waals surface area contributed by atoms with Crippen molar-refractivity contribution >= 4 is 21.9 Å². The van der Waals surface area contributed by atoms with Gasteiger partial charge in [0.2, 0.25) is 0 Å². The van der Waals surface area contributed by atoms with Crippen LogP contribution in [0.1, 0.15) is 52.4 Å². The SMILES string of the molecule is CCCCC1(OC(=O)C(Br)CC)CC[NH2+]CC1. The highest BCUT2D eigenvalue weighted by Gasteiger charge is 2.38. The molecule has 0 amide bonds. The molecule has 4 heteroatoms. The number of nitrogens with two attached hydrogens (primary N) is 1. The number of hydrogen-bond acceptors (Lipinski definition) is 2. The number of quaternary nitrogens is 1. The van der Waals surface area contributed by atoms with Crippen LogP contribution >= 0.6 is 15.9 Å². The zero-order valence-electron chi connectivity index (χ0n) is 11.0. The Labute approximate surface area is 113 Å². The highest BCUT2D eigenvalue weighted by Crippen LogP contribution is 2.29. The standard InChI is InChI=1S/C13H24BrNO2/c1-3-5-6-13(7-9-15-10-8-13)17-12(16)11(14)4-2/h11,15H,3-10H2,1-2H3/p+1. The first-order chi connectivity index (χ1) is 8.13. The van der Waals surface area contributed by atoms with Crippen LogP contribution in [0.3, 0.4) is 0 Å². The van der Waals surface area contributed by atoms with Gasteiger partial charge in [-0.15, -0.1) is 0 Å². The zero-order chi connectivity index (χ0) is 12.7. The van der Waals surface area contributed by atoms with Crippen molar-refractivity contribution in [3.05, 3.63) is 0 Å². The molecule has 0 aromatic rings. The topological polar surface area (TPSA) is 42.9 Å². The molecule has 1 heterocycles. The van der Waals surface area contributed by atoms with Crippen molar-refractivity contribution < 1.29 is 14.8 Å². The molecule has 1 unspecified atom stereocenters. The molecule has 1 rings (SSSR count). The van der Waals surface area contributed by atoms with E-state index in [0.717, 1.165) is 51.6 Å². The summed E-state index contributed by atoms with van der Waals surface area (Å²) in [6.07, 6.45) is 6.12. The van der Waals surface area contributed by atoms with Gasteiger partial charge in [0, 0.05) is 12.8 Å². The van der Waals surface area contributed by atoms with Crippen LogP contribution in [-0.4, -0.2) is 29.5 Å². The van der Waals surface area contributed by atoms with E-state index < -0.39 is 0 Å². The van der Waals surface area contributed by atoms with Crippen molar-refractivity contribution in [2.24, 2.45) is 0 Å². The summed E-state index contributed by atoms with van der Waals surface area (Å²) >= 11 is 3.38. The first kappa shape index (κ1) is 15.0. The number of alkyl halides is 1. The Morgan fingerprint density at radius 3 is 2.59 bits per heavy atom. The summed E-state index contributed by atoms with van der Waals surface area (Å²) in [5, 5.41) is 2.31. The second-order valence-corrected chi connectivity index (χ2v) is 6.05. The van der Waals surface area contributed by atoms with Gasteiger partial charge in [-0.3, -0.25) is 4.79 Å². The molecule has 1 aliphatic rings. The highest BCUT2D eigenvalue weighted by atomic mass is 79.9. The van der Waals surface area contributed by atoms with Gasteiger partial charge in [0.05, 0.1) is 13.1 Å². The minimum Gasteiger partial charge on any atom is -0.458 e. The number of carbonyl (C=O) groups excluding carboxylic acids is 1. The van der Waals surface area contributed by atoms with E-state index in [1.807, 2.05) is 6.92 Å². The number of unbranched alkanes of at least 4 members (excludes halogenated alkanes) is 1. The third-order valence-electron chi connectivity index (χ3n) is 3.53. The van der Waals surface area contributed by atoms with Gasteiger partial charge in [0.1, 0.15) is 10.4 Å². The fourth-order valence-electron chi connectivity index (χ4n) is 2.35. The summed E-state index contributed by atoms with van der Waals surface area (Å²) in [7, 11) is 0. The van der Waals surface area contributed by atoms with E-state index in [1.165, 1.54) is 0 Å².